The van der Waals surface area contributed by atoms with Crippen molar-refractivity contribution < 1.29 is 14.3 Å². The maximum atomic E-state index is 13.0. The normalized spacial score (nSPS) is 17.7. The van der Waals surface area contributed by atoms with Gasteiger partial charge in [0.2, 0.25) is 0 Å². The number of ether oxygens (including phenoxy) is 1. The third-order valence-electron chi connectivity index (χ3n) is 6.34. The Hall–Kier alpha value is -2.97. The molecule has 8 heteroatoms. The Bertz CT molecular complexity index is 1200. The summed E-state index contributed by atoms with van der Waals surface area (Å²) in [6.45, 7) is 9.20. The van der Waals surface area contributed by atoms with E-state index in [1.165, 1.54) is 0 Å². The minimum absolute atomic E-state index is 0.0950. The van der Waals surface area contributed by atoms with E-state index in [-0.39, 0.29) is 17.1 Å². The Balaban J connectivity index is 1.30. The van der Waals surface area contributed by atoms with Gasteiger partial charge in [-0.05, 0) is 36.5 Å². The van der Waals surface area contributed by atoms with Crippen LogP contribution < -0.4 is 10.2 Å². The summed E-state index contributed by atoms with van der Waals surface area (Å²) in [6, 6.07) is 7.69. The molecule has 0 saturated carbocycles. The third-order valence-corrected chi connectivity index (χ3v) is 7.24. The maximum absolute atomic E-state index is 13.0. The molecule has 1 aromatic carbocycles. The zero-order chi connectivity index (χ0) is 23.2. The second-order valence-electron chi connectivity index (χ2n) is 9.57. The van der Waals surface area contributed by atoms with Gasteiger partial charge in [0.25, 0.3) is 5.91 Å². The highest BCUT2D eigenvalue weighted by Gasteiger charge is 2.35. The van der Waals surface area contributed by atoms with Gasteiger partial charge in [0.1, 0.15) is 5.69 Å². The fourth-order valence-corrected chi connectivity index (χ4v) is 5.56. The van der Waals surface area contributed by atoms with E-state index in [4.69, 9.17) is 9.72 Å². The van der Waals surface area contributed by atoms with Crippen LogP contribution in [-0.2, 0) is 11.2 Å². The van der Waals surface area contributed by atoms with E-state index >= 15 is 0 Å². The first-order chi connectivity index (χ1) is 15.8. The topological polar surface area (TPSA) is 87.3 Å². The van der Waals surface area contributed by atoms with Crippen LogP contribution in [0.1, 0.15) is 52.4 Å². The quantitative estimate of drug-likeness (QED) is 0.585. The second-order valence-corrected chi connectivity index (χ2v) is 10.4. The minimum atomic E-state index is -0.233. The van der Waals surface area contributed by atoms with Crippen molar-refractivity contribution in [2.75, 3.05) is 36.5 Å². The van der Waals surface area contributed by atoms with Crippen molar-refractivity contribution in [1.29, 1.82) is 0 Å². The number of benzene rings is 1. The third kappa shape index (κ3) is 4.32. The van der Waals surface area contributed by atoms with Crippen molar-refractivity contribution in [3.8, 4) is 11.3 Å². The Labute approximate surface area is 197 Å². The number of anilines is 2. The zero-order valence-corrected chi connectivity index (χ0v) is 20.0. The fraction of sp³-hybridized carbons (Fsp3) is 0.400. The number of carbonyl (C=O) groups excluding carboxylic acids is 2. The molecule has 1 fully saturated rings. The molecule has 1 aliphatic carbocycles. The highest BCUT2D eigenvalue weighted by Crippen LogP contribution is 2.37. The number of hydrogen-bond donors (Lipinski definition) is 2. The first-order valence-corrected chi connectivity index (χ1v) is 12.1. The van der Waals surface area contributed by atoms with E-state index in [1.807, 2.05) is 31.2 Å². The lowest BCUT2D eigenvalue weighted by Gasteiger charge is -2.28. The summed E-state index contributed by atoms with van der Waals surface area (Å²) in [5.41, 5.74) is 5.29. The monoisotopic (exact) mass is 464 g/mol. The van der Waals surface area contributed by atoms with E-state index in [0.29, 0.717) is 23.4 Å². The van der Waals surface area contributed by atoms with Crippen LogP contribution in [-0.4, -0.2) is 48.0 Å². The number of morpholine rings is 1. The number of amides is 1. The van der Waals surface area contributed by atoms with Crippen LogP contribution in [0.5, 0.6) is 0 Å². The lowest BCUT2D eigenvalue weighted by molar-refractivity contribution is 0.0910. The van der Waals surface area contributed by atoms with Gasteiger partial charge >= 0.3 is 0 Å². The molecule has 172 valence electrons. The van der Waals surface area contributed by atoms with Crippen molar-refractivity contribution in [3.63, 3.8) is 0 Å². The van der Waals surface area contributed by atoms with E-state index in [1.54, 1.807) is 11.3 Å². The van der Waals surface area contributed by atoms with Gasteiger partial charge in [0, 0.05) is 47.4 Å². The standard InChI is InChI=1S/C25H28N4O3S/c1-15-21-18(12-25(2,3)13-20(21)30)27-22(15)23(31)26-17-6-4-16(5-7-17)19-14-33-24(28-19)29-8-10-32-11-9-29/h4-7,14,27H,8-13H2,1-3H3,(H,26,31). The zero-order valence-electron chi connectivity index (χ0n) is 19.2. The van der Waals surface area contributed by atoms with Crippen LogP contribution >= 0.6 is 11.3 Å². The number of nitrogens with one attached hydrogen (secondary N) is 2. The predicted molar refractivity (Wildman–Crippen MR) is 130 cm³/mol. The summed E-state index contributed by atoms with van der Waals surface area (Å²) in [5, 5.41) is 6.03. The van der Waals surface area contributed by atoms with Gasteiger partial charge in [0.15, 0.2) is 10.9 Å². The van der Waals surface area contributed by atoms with Gasteiger partial charge in [-0.3, -0.25) is 9.59 Å². The molecule has 33 heavy (non-hydrogen) atoms. The largest absolute Gasteiger partial charge is 0.378 e. The van der Waals surface area contributed by atoms with E-state index in [0.717, 1.165) is 60.4 Å². The average Bonchev–Trinajstić information content (AvgIpc) is 3.39. The van der Waals surface area contributed by atoms with Gasteiger partial charge in [-0.15, -0.1) is 11.3 Å². The molecule has 0 atom stereocenters. The van der Waals surface area contributed by atoms with E-state index in [9.17, 15) is 9.59 Å². The summed E-state index contributed by atoms with van der Waals surface area (Å²) < 4.78 is 5.42. The summed E-state index contributed by atoms with van der Waals surface area (Å²) in [7, 11) is 0. The van der Waals surface area contributed by atoms with Gasteiger partial charge in [0.05, 0.1) is 18.9 Å². The van der Waals surface area contributed by atoms with Gasteiger partial charge in [-0.2, -0.15) is 0 Å². The van der Waals surface area contributed by atoms with Gasteiger partial charge in [-0.25, -0.2) is 4.98 Å². The van der Waals surface area contributed by atoms with E-state index in [2.05, 4.69) is 34.4 Å². The average molecular weight is 465 g/mol. The van der Waals surface area contributed by atoms with Crippen molar-refractivity contribution in [2.45, 2.75) is 33.6 Å². The lowest BCUT2D eigenvalue weighted by Crippen LogP contribution is -2.36. The van der Waals surface area contributed by atoms with Crippen LogP contribution in [0.4, 0.5) is 10.8 Å². The number of Topliss-reactive ketones (excluding diaryl/α,β-unsaturated/α-hetero) is 1. The summed E-state index contributed by atoms with van der Waals surface area (Å²) in [5.74, 6) is -0.123. The number of thiazole rings is 1. The van der Waals surface area contributed by atoms with Crippen molar-refractivity contribution in [3.05, 3.63) is 52.2 Å². The van der Waals surface area contributed by atoms with Gasteiger partial charge in [-0.1, -0.05) is 26.0 Å². The number of hydrogen-bond acceptors (Lipinski definition) is 6. The van der Waals surface area contributed by atoms with Crippen LogP contribution in [0.3, 0.4) is 0 Å². The fourth-order valence-electron chi connectivity index (χ4n) is 4.67. The predicted octanol–water partition coefficient (Wildman–Crippen LogP) is 4.69. The Kier molecular flexibility index (Phi) is 5.58. The number of rotatable bonds is 4. The molecular formula is C25H28N4O3S. The van der Waals surface area contributed by atoms with Crippen LogP contribution in [0.2, 0.25) is 0 Å². The Morgan fingerprint density at radius 3 is 2.64 bits per heavy atom. The number of aromatic nitrogens is 2. The molecule has 3 heterocycles. The molecule has 2 N–H and O–H groups in total. The SMILES string of the molecule is Cc1c(C(=O)Nc2ccc(-c3csc(N4CCOCC4)n3)cc2)[nH]c2c1C(=O)CC(C)(C)C2. The molecule has 5 rings (SSSR count). The summed E-state index contributed by atoms with van der Waals surface area (Å²) in [4.78, 5) is 35.8. The molecule has 0 radical (unpaired) electrons. The van der Waals surface area contributed by atoms with Gasteiger partial charge < -0.3 is 19.9 Å². The Morgan fingerprint density at radius 1 is 1.18 bits per heavy atom. The maximum Gasteiger partial charge on any atom is 0.272 e. The van der Waals surface area contributed by atoms with E-state index < -0.39 is 0 Å². The van der Waals surface area contributed by atoms with Crippen LogP contribution in [0, 0.1) is 12.3 Å². The minimum Gasteiger partial charge on any atom is -0.378 e. The summed E-state index contributed by atoms with van der Waals surface area (Å²) >= 11 is 1.64. The molecule has 0 unspecified atom stereocenters. The molecule has 1 aliphatic heterocycles. The number of aromatic amines is 1. The molecule has 0 spiro atoms. The number of fused-ring (bicyclic) bond motifs is 1. The van der Waals surface area contributed by atoms with Crippen molar-refractivity contribution in [1.82, 2.24) is 9.97 Å². The summed E-state index contributed by atoms with van der Waals surface area (Å²) in [6.07, 6.45) is 1.27. The molecule has 0 bridgehead atoms. The Morgan fingerprint density at radius 2 is 1.91 bits per heavy atom. The number of ketones is 1. The lowest BCUT2D eigenvalue weighted by atomic mass is 9.75. The smallest absolute Gasteiger partial charge is 0.272 e. The molecule has 2 aliphatic rings. The van der Waals surface area contributed by atoms with Crippen LogP contribution in [0.25, 0.3) is 11.3 Å². The highest BCUT2D eigenvalue weighted by atomic mass is 32.1. The number of H-pyrrole nitrogens is 1. The molecule has 3 aromatic rings. The van der Waals surface area contributed by atoms with Crippen molar-refractivity contribution >= 4 is 33.8 Å². The second kappa shape index (κ2) is 8.43. The first-order valence-electron chi connectivity index (χ1n) is 11.3. The highest BCUT2D eigenvalue weighted by molar-refractivity contribution is 7.14. The molecule has 2 aromatic heterocycles. The molecular weight excluding hydrogens is 436 g/mol. The molecule has 1 amide bonds. The first kappa shape index (κ1) is 21.9. The molecule has 1 saturated heterocycles. The number of nitrogens with zero attached hydrogens (tertiary/aromatic N) is 2. The number of carbonyl (C=O) groups is 2. The van der Waals surface area contributed by atoms with Crippen molar-refractivity contribution in [2.24, 2.45) is 5.41 Å². The van der Waals surface area contributed by atoms with Crippen LogP contribution in [0.15, 0.2) is 29.6 Å². The molecule has 7 nitrogen and oxygen atoms in total.